The van der Waals surface area contributed by atoms with E-state index in [0.717, 1.165) is 73.6 Å². The number of nitrogens with zero attached hydrogens (tertiary/aromatic N) is 1. The van der Waals surface area contributed by atoms with Gasteiger partial charge < -0.3 is 20.5 Å². The van der Waals surface area contributed by atoms with Crippen molar-refractivity contribution in [2.24, 2.45) is 11.8 Å². The molecule has 0 aliphatic carbocycles. The second-order valence-corrected chi connectivity index (χ2v) is 13.6. The Bertz CT molecular complexity index is 974. The summed E-state index contributed by atoms with van der Waals surface area (Å²) >= 11 is 0. The third-order valence-electron chi connectivity index (χ3n) is 8.34. The van der Waals surface area contributed by atoms with E-state index in [2.05, 4.69) is 10.6 Å². The molecular formula is C31H55Cl2N3O6S. The van der Waals surface area contributed by atoms with Crippen molar-refractivity contribution >= 4 is 40.8 Å². The van der Waals surface area contributed by atoms with Crippen LogP contribution in [0.25, 0.3) is 0 Å². The number of sulfonamides is 1. The first kappa shape index (κ1) is 39.9. The smallest absolute Gasteiger partial charge is 0.324 e. The molecule has 0 bridgehead atoms. The quantitative estimate of drug-likeness (QED) is 0.121. The van der Waals surface area contributed by atoms with Crippen LogP contribution in [0.3, 0.4) is 0 Å². The number of halogens is 2. The summed E-state index contributed by atoms with van der Waals surface area (Å²) < 4.78 is 33.0. The lowest BCUT2D eigenvalue weighted by atomic mass is 9.93. The van der Waals surface area contributed by atoms with Gasteiger partial charge in [-0.05, 0) is 107 Å². The molecule has 0 unspecified atom stereocenters. The van der Waals surface area contributed by atoms with Crippen LogP contribution in [-0.4, -0.2) is 75.1 Å². The monoisotopic (exact) mass is 667 g/mol. The lowest BCUT2D eigenvalue weighted by Crippen LogP contribution is -2.47. The summed E-state index contributed by atoms with van der Waals surface area (Å²) in [6.07, 6.45) is 12.2. The fourth-order valence-corrected chi connectivity index (χ4v) is 7.35. The summed E-state index contributed by atoms with van der Waals surface area (Å²) in [4.78, 5) is 18.1. The Kier molecular flexibility index (Phi) is 20.8. The second-order valence-electron chi connectivity index (χ2n) is 11.7. The normalized spacial score (nSPS) is 17.2. The highest BCUT2D eigenvalue weighted by Crippen LogP contribution is 2.22. The number of hydrogen-bond donors (Lipinski definition) is 3. The van der Waals surface area contributed by atoms with Gasteiger partial charge >= 0.3 is 5.97 Å². The van der Waals surface area contributed by atoms with Gasteiger partial charge in [-0.15, -0.1) is 24.8 Å². The van der Waals surface area contributed by atoms with Crippen LogP contribution in [-0.2, 0) is 26.1 Å². The SMILES string of the molecule is CCCCS(=O)(=O)N(OCCCCC1CCNCC1)[C@@H](Cc1ccc(OCCCCC2CCNCC2)cc1)C(=O)O.Cl.Cl. The summed E-state index contributed by atoms with van der Waals surface area (Å²) in [6.45, 7) is 7.11. The molecule has 43 heavy (non-hydrogen) atoms. The van der Waals surface area contributed by atoms with E-state index in [9.17, 15) is 18.3 Å². The Labute approximate surface area is 272 Å². The number of benzene rings is 1. The van der Waals surface area contributed by atoms with Crippen LogP contribution in [0.2, 0.25) is 0 Å². The number of carbonyl (C=O) groups is 1. The first-order valence-electron chi connectivity index (χ1n) is 15.9. The van der Waals surface area contributed by atoms with Crippen molar-refractivity contribution in [2.75, 3.05) is 45.1 Å². The Morgan fingerprint density at radius 3 is 1.93 bits per heavy atom. The number of hydroxylamine groups is 1. The van der Waals surface area contributed by atoms with Crippen molar-refractivity contribution in [1.82, 2.24) is 15.1 Å². The van der Waals surface area contributed by atoms with Crippen LogP contribution in [0.4, 0.5) is 0 Å². The van der Waals surface area contributed by atoms with Gasteiger partial charge in [-0.3, -0.25) is 9.63 Å². The maximum Gasteiger partial charge on any atom is 0.324 e. The molecule has 12 heteroatoms. The molecule has 250 valence electrons. The molecule has 3 N–H and O–H groups in total. The van der Waals surface area contributed by atoms with Gasteiger partial charge in [-0.1, -0.05) is 49.2 Å². The Hall–Kier alpha value is -1.14. The summed E-state index contributed by atoms with van der Waals surface area (Å²) in [5.74, 6) is 0.908. The van der Waals surface area contributed by atoms with E-state index in [1.165, 1.54) is 32.1 Å². The third-order valence-corrected chi connectivity index (χ3v) is 10.1. The summed E-state index contributed by atoms with van der Waals surface area (Å²) in [7, 11) is -3.90. The first-order chi connectivity index (χ1) is 19.9. The zero-order chi connectivity index (χ0) is 29.3. The number of aliphatic carboxylic acids is 1. The number of carboxylic acid groups (broad SMARTS) is 1. The summed E-state index contributed by atoms with van der Waals surface area (Å²) in [5, 5.41) is 16.8. The molecule has 0 saturated carbocycles. The van der Waals surface area contributed by atoms with Crippen molar-refractivity contribution in [3.8, 4) is 5.75 Å². The van der Waals surface area contributed by atoms with Crippen molar-refractivity contribution in [3.63, 3.8) is 0 Å². The minimum absolute atomic E-state index is 0. The molecule has 0 aromatic heterocycles. The zero-order valence-corrected chi connectivity index (χ0v) is 28.3. The van der Waals surface area contributed by atoms with E-state index in [4.69, 9.17) is 9.57 Å². The van der Waals surface area contributed by atoms with Crippen molar-refractivity contribution in [2.45, 2.75) is 96.4 Å². The number of unbranched alkanes of at least 4 members (excludes halogenated alkanes) is 3. The maximum absolute atomic E-state index is 13.2. The van der Waals surface area contributed by atoms with Crippen molar-refractivity contribution in [1.29, 1.82) is 0 Å². The van der Waals surface area contributed by atoms with Gasteiger partial charge in [-0.25, -0.2) is 8.42 Å². The zero-order valence-electron chi connectivity index (χ0n) is 25.8. The average Bonchev–Trinajstić information content (AvgIpc) is 2.98. The molecule has 2 saturated heterocycles. The number of nitrogens with one attached hydrogen (secondary N) is 2. The van der Waals surface area contributed by atoms with Crippen molar-refractivity contribution in [3.05, 3.63) is 29.8 Å². The average molecular weight is 669 g/mol. The van der Waals surface area contributed by atoms with Crippen LogP contribution in [0.1, 0.15) is 89.5 Å². The molecule has 0 radical (unpaired) electrons. The molecule has 0 amide bonds. The van der Waals surface area contributed by atoms with Gasteiger partial charge in [0, 0.05) is 6.42 Å². The van der Waals surface area contributed by atoms with Gasteiger partial charge in [0.1, 0.15) is 5.75 Å². The van der Waals surface area contributed by atoms with Gasteiger partial charge in [0.05, 0.1) is 19.0 Å². The molecule has 3 rings (SSSR count). The van der Waals surface area contributed by atoms with Crippen molar-refractivity contribution < 1.29 is 27.9 Å². The molecular weight excluding hydrogens is 613 g/mol. The van der Waals surface area contributed by atoms with Gasteiger partial charge in [0.2, 0.25) is 10.0 Å². The maximum atomic E-state index is 13.2. The molecule has 2 aliphatic rings. The molecule has 0 spiro atoms. The predicted molar refractivity (Wildman–Crippen MR) is 177 cm³/mol. The molecule has 1 aromatic carbocycles. The van der Waals surface area contributed by atoms with Crippen LogP contribution >= 0.6 is 24.8 Å². The number of rotatable bonds is 20. The Morgan fingerprint density at radius 1 is 0.884 bits per heavy atom. The molecule has 9 nitrogen and oxygen atoms in total. The number of piperidine rings is 2. The number of carboxylic acids is 1. The lowest BCUT2D eigenvalue weighted by Gasteiger charge is -2.27. The van der Waals surface area contributed by atoms with E-state index in [1.807, 2.05) is 31.2 Å². The molecule has 2 aliphatic heterocycles. The van der Waals surface area contributed by atoms with Gasteiger partial charge in [0.15, 0.2) is 6.04 Å². The van der Waals surface area contributed by atoms with E-state index >= 15 is 0 Å². The van der Waals surface area contributed by atoms with E-state index in [-0.39, 0.29) is 43.6 Å². The van der Waals surface area contributed by atoms with Gasteiger partial charge in [0.25, 0.3) is 0 Å². The lowest BCUT2D eigenvalue weighted by molar-refractivity contribution is -0.162. The number of ether oxygens (including phenoxy) is 1. The topological polar surface area (TPSA) is 117 Å². The first-order valence-corrected chi connectivity index (χ1v) is 17.5. The third kappa shape index (κ3) is 15.1. The standard InChI is InChI=1S/C31H53N3O6S.2ClH/c1-2-3-24-41(37,38)34(40-23-7-5-9-27-16-20-33-21-17-27)30(31(35)36)25-28-10-12-29(13-11-28)39-22-6-4-8-26-14-18-32-19-15-26;;/h10-13,26-27,30,32-33H,2-9,14-25H2,1H3,(H,35,36);2*1H/t30-;;/m0../s1. The molecule has 2 heterocycles. The van der Waals surface area contributed by atoms with Gasteiger partial charge in [-0.2, -0.15) is 0 Å². The minimum Gasteiger partial charge on any atom is -0.494 e. The molecule has 1 atom stereocenters. The molecule has 2 fully saturated rings. The fourth-order valence-electron chi connectivity index (χ4n) is 5.73. The van der Waals surface area contributed by atoms with Crippen LogP contribution in [0, 0.1) is 11.8 Å². The Morgan fingerprint density at radius 2 is 1.42 bits per heavy atom. The predicted octanol–water partition coefficient (Wildman–Crippen LogP) is 5.61. The van der Waals surface area contributed by atoms with Crippen LogP contribution in [0.5, 0.6) is 5.75 Å². The minimum atomic E-state index is -3.90. The van der Waals surface area contributed by atoms with Crippen LogP contribution in [0.15, 0.2) is 24.3 Å². The highest BCUT2D eigenvalue weighted by atomic mass is 35.5. The second kappa shape index (κ2) is 22.4. The molecule has 1 aromatic rings. The van der Waals surface area contributed by atoms with E-state index in [0.29, 0.717) is 31.8 Å². The highest BCUT2D eigenvalue weighted by molar-refractivity contribution is 7.89. The van der Waals surface area contributed by atoms with E-state index in [1.54, 1.807) is 0 Å². The van der Waals surface area contributed by atoms with E-state index < -0.39 is 22.0 Å². The number of hydrogen-bond acceptors (Lipinski definition) is 7. The Balaban J connectivity index is 0.00000462. The largest absolute Gasteiger partial charge is 0.494 e. The summed E-state index contributed by atoms with van der Waals surface area (Å²) in [6, 6.07) is 5.96. The van der Waals surface area contributed by atoms with Crippen LogP contribution < -0.4 is 15.4 Å². The highest BCUT2D eigenvalue weighted by Gasteiger charge is 2.36. The summed E-state index contributed by atoms with van der Waals surface area (Å²) in [5.41, 5.74) is 0.723. The fraction of sp³-hybridized carbons (Fsp3) is 0.774.